The van der Waals surface area contributed by atoms with Crippen LogP contribution in [0.3, 0.4) is 0 Å². The lowest BCUT2D eigenvalue weighted by atomic mass is 10.1. The van der Waals surface area contributed by atoms with Crippen molar-refractivity contribution in [1.82, 2.24) is 9.97 Å². The zero-order chi connectivity index (χ0) is 17.3. The van der Waals surface area contributed by atoms with Crippen LogP contribution in [0.25, 0.3) is 11.4 Å². The van der Waals surface area contributed by atoms with E-state index in [0.717, 1.165) is 0 Å². The summed E-state index contributed by atoms with van der Waals surface area (Å²) in [4.78, 5) is 41.6. The molecule has 1 aromatic carbocycles. The number of hydrogen-bond donors (Lipinski definition) is 3. The van der Waals surface area contributed by atoms with Crippen molar-refractivity contribution in [3.8, 4) is 11.4 Å². The van der Waals surface area contributed by atoms with Gasteiger partial charge in [-0.3, -0.25) is 14.4 Å². The topological polar surface area (TPSA) is 112 Å². The molecule has 1 aliphatic rings. The largest absolute Gasteiger partial charge is 0.481 e. The fourth-order valence-corrected chi connectivity index (χ4v) is 2.56. The Bertz CT molecular complexity index is 859. The molecule has 1 saturated carbocycles. The van der Waals surface area contributed by atoms with Crippen LogP contribution < -0.4 is 10.9 Å². The van der Waals surface area contributed by atoms with Crippen molar-refractivity contribution < 1.29 is 14.7 Å². The maximum Gasteiger partial charge on any atom is 0.307 e. The van der Waals surface area contributed by atoms with Gasteiger partial charge in [0.15, 0.2) is 0 Å². The fraction of sp³-hybridized carbons (Fsp3) is 0.294. The van der Waals surface area contributed by atoms with E-state index in [1.807, 2.05) is 6.92 Å². The van der Waals surface area contributed by atoms with Gasteiger partial charge in [0.2, 0.25) is 5.91 Å². The molecular formula is C17H17N3O4. The van der Waals surface area contributed by atoms with Crippen LogP contribution in [0.4, 0.5) is 5.69 Å². The van der Waals surface area contributed by atoms with Gasteiger partial charge in [0.05, 0.1) is 11.8 Å². The summed E-state index contributed by atoms with van der Waals surface area (Å²) in [6.07, 6.45) is 1.01. The number of carboxylic acid groups (broad SMARTS) is 1. The molecule has 0 radical (unpaired) electrons. The van der Waals surface area contributed by atoms with Gasteiger partial charge in [-0.05, 0) is 25.0 Å². The highest BCUT2D eigenvalue weighted by atomic mass is 16.4. The number of nitrogens with one attached hydrogen (secondary N) is 2. The molecule has 24 heavy (non-hydrogen) atoms. The normalized spacial score (nSPS) is 18.9. The van der Waals surface area contributed by atoms with Crippen molar-refractivity contribution in [1.29, 1.82) is 0 Å². The first kappa shape index (κ1) is 15.9. The average molecular weight is 327 g/mol. The first-order valence-corrected chi connectivity index (χ1v) is 7.72. The second-order valence-electron chi connectivity index (χ2n) is 5.80. The van der Waals surface area contributed by atoms with Gasteiger partial charge in [-0.15, -0.1) is 0 Å². The Labute approximate surface area is 137 Å². The number of carboxylic acids is 1. The van der Waals surface area contributed by atoms with Crippen LogP contribution >= 0.6 is 0 Å². The molecule has 7 nitrogen and oxygen atoms in total. The number of aryl methyl sites for hydroxylation is 1. The van der Waals surface area contributed by atoms with E-state index >= 15 is 0 Å². The third-order valence-electron chi connectivity index (χ3n) is 4.00. The summed E-state index contributed by atoms with van der Waals surface area (Å²) in [5.74, 6) is -1.88. The quantitative estimate of drug-likeness (QED) is 0.773. The van der Waals surface area contributed by atoms with Crippen molar-refractivity contribution in [3.63, 3.8) is 0 Å². The zero-order valence-electron chi connectivity index (χ0n) is 13.1. The highest BCUT2D eigenvalue weighted by molar-refractivity contribution is 5.98. The van der Waals surface area contributed by atoms with Crippen LogP contribution in [0.5, 0.6) is 0 Å². The molecule has 2 unspecified atom stereocenters. The SMILES string of the molecule is CCc1cc(=O)[nH]c(-c2cccc(NC(=O)C3CC3C(=O)O)c2)n1. The average Bonchev–Trinajstić information content (AvgIpc) is 3.35. The van der Waals surface area contributed by atoms with Gasteiger partial charge in [0.1, 0.15) is 5.82 Å². The minimum Gasteiger partial charge on any atom is -0.481 e. The van der Waals surface area contributed by atoms with Gasteiger partial charge >= 0.3 is 5.97 Å². The summed E-state index contributed by atoms with van der Waals surface area (Å²) < 4.78 is 0. The Morgan fingerprint density at radius 1 is 1.33 bits per heavy atom. The van der Waals surface area contributed by atoms with Gasteiger partial charge in [0, 0.05) is 23.0 Å². The number of anilines is 1. The summed E-state index contributed by atoms with van der Waals surface area (Å²) >= 11 is 0. The molecule has 124 valence electrons. The number of H-pyrrole nitrogens is 1. The van der Waals surface area contributed by atoms with Crippen molar-refractivity contribution in [2.75, 3.05) is 5.32 Å². The minimum absolute atomic E-state index is 0.228. The summed E-state index contributed by atoms with van der Waals surface area (Å²) in [5.41, 5.74) is 1.67. The van der Waals surface area contributed by atoms with E-state index in [4.69, 9.17) is 5.11 Å². The number of aromatic amines is 1. The van der Waals surface area contributed by atoms with E-state index in [-0.39, 0.29) is 11.5 Å². The Morgan fingerprint density at radius 2 is 2.12 bits per heavy atom. The number of rotatable bonds is 5. The lowest BCUT2D eigenvalue weighted by molar-refractivity contribution is -0.139. The Kier molecular flexibility index (Phi) is 4.16. The number of aliphatic carboxylic acids is 1. The van der Waals surface area contributed by atoms with Crippen molar-refractivity contribution in [2.45, 2.75) is 19.8 Å². The molecule has 3 N–H and O–H groups in total. The first-order valence-electron chi connectivity index (χ1n) is 7.72. The molecule has 0 spiro atoms. The predicted molar refractivity (Wildman–Crippen MR) is 87.5 cm³/mol. The lowest BCUT2D eigenvalue weighted by Crippen LogP contribution is -2.17. The standard InChI is InChI=1S/C17H17N3O4/c1-2-10-7-14(21)20-15(18-10)9-4-3-5-11(6-9)19-16(22)12-8-13(12)17(23)24/h3-7,12-13H,2,8H2,1H3,(H,19,22)(H,23,24)(H,18,20,21). The Balaban J connectivity index is 1.80. The molecule has 0 aliphatic heterocycles. The maximum atomic E-state index is 12.0. The fourth-order valence-electron chi connectivity index (χ4n) is 2.56. The number of hydrogen-bond acceptors (Lipinski definition) is 4. The minimum atomic E-state index is -0.943. The van der Waals surface area contributed by atoms with Crippen LogP contribution in [-0.4, -0.2) is 27.0 Å². The van der Waals surface area contributed by atoms with Crippen molar-refractivity contribution in [2.24, 2.45) is 11.8 Å². The van der Waals surface area contributed by atoms with Gasteiger partial charge < -0.3 is 15.4 Å². The second kappa shape index (κ2) is 6.27. The highest BCUT2D eigenvalue weighted by Crippen LogP contribution is 2.39. The van der Waals surface area contributed by atoms with E-state index < -0.39 is 17.8 Å². The molecule has 1 aliphatic carbocycles. The van der Waals surface area contributed by atoms with Gasteiger partial charge in [-0.2, -0.15) is 0 Å². The van der Waals surface area contributed by atoms with E-state index in [9.17, 15) is 14.4 Å². The van der Waals surface area contributed by atoms with E-state index in [1.54, 1.807) is 24.3 Å². The molecule has 1 aromatic heterocycles. The summed E-state index contributed by atoms with van der Waals surface area (Å²) in [7, 11) is 0. The second-order valence-corrected chi connectivity index (χ2v) is 5.80. The number of carbonyl (C=O) groups excluding carboxylic acids is 1. The molecule has 1 heterocycles. The lowest BCUT2D eigenvalue weighted by Gasteiger charge is -2.07. The smallest absolute Gasteiger partial charge is 0.307 e. The van der Waals surface area contributed by atoms with Crippen LogP contribution in [0.1, 0.15) is 19.0 Å². The molecule has 7 heteroatoms. The van der Waals surface area contributed by atoms with Crippen LogP contribution in [0, 0.1) is 11.8 Å². The molecular weight excluding hydrogens is 310 g/mol. The summed E-state index contributed by atoms with van der Waals surface area (Å²) in [5, 5.41) is 11.6. The van der Waals surface area contributed by atoms with Crippen LogP contribution in [0.2, 0.25) is 0 Å². The monoisotopic (exact) mass is 327 g/mol. The van der Waals surface area contributed by atoms with Crippen molar-refractivity contribution in [3.05, 3.63) is 46.4 Å². The predicted octanol–water partition coefficient (Wildman–Crippen LogP) is 1.66. The zero-order valence-corrected chi connectivity index (χ0v) is 13.1. The van der Waals surface area contributed by atoms with Gasteiger partial charge in [-0.25, -0.2) is 4.98 Å². The number of carbonyl (C=O) groups is 2. The number of nitrogens with zero attached hydrogens (tertiary/aromatic N) is 1. The summed E-state index contributed by atoms with van der Waals surface area (Å²) in [6, 6.07) is 8.39. The Morgan fingerprint density at radius 3 is 2.79 bits per heavy atom. The third-order valence-corrected chi connectivity index (χ3v) is 4.00. The molecule has 2 atom stereocenters. The van der Waals surface area contributed by atoms with E-state index in [2.05, 4.69) is 15.3 Å². The molecule has 1 fully saturated rings. The third kappa shape index (κ3) is 3.34. The van der Waals surface area contributed by atoms with Gasteiger partial charge in [0.25, 0.3) is 5.56 Å². The maximum absolute atomic E-state index is 12.0. The molecule has 3 rings (SSSR count). The number of benzene rings is 1. The molecule has 1 amide bonds. The van der Waals surface area contributed by atoms with Crippen molar-refractivity contribution >= 4 is 17.6 Å². The molecule has 0 bridgehead atoms. The van der Waals surface area contributed by atoms with Crippen LogP contribution in [0.15, 0.2) is 35.1 Å². The molecule has 0 saturated heterocycles. The highest BCUT2D eigenvalue weighted by Gasteiger charge is 2.48. The number of amides is 1. The first-order chi connectivity index (χ1) is 11.5. The van der Waals surface area contributed by atoms with E-state index in [1.165, 1.54) is 6.07 Å². The van der Waals surface area contributed by atoms with Crippen LogP contribution in [-0.2, 0) is 16.0 Å². The summed E-state index contributed by atoms with van der Waals surface area (Å²) in [6.45, 7) is 1.91. The number of aromatic nitrogens is 2. The Hall–Kier alpha value is -2.96. The van der Waals surface area contributed by atoms with Gasteiger partial charge in [-0.1, -0.05) is 19.1 Å². The van der Waals surface area contributed by atoms with E-state index in [0.29, 0.717) is 35.6 Å². The molecule has 2 aromatic rings.